The third kappa shape index (κ3) is 10.6. The minimum atomic E-state index is -1.51. The van der Waals surface area contributed by atoms with Gasteiger partial charge >= 0.3 is 5.97 Å². The first-order valence-corrected chi connectivity index (χ1v) is 11.9. The molecule has 11 N–H and O–H groups in total. The zero-order valence-electron chi connectivity index (χ0n) is 21.0. The molecule has 2 rings (SSSR count). The summed E-state index contributed by atoms with van der Waals surface area (Å²) >= 11 is 0. The Morgan fingerprint density at radius 1 is 0.846 bits per heavy atom. The Balaban J connectivity index is 2.19. The summed E-state index contributed by atoms with van der Waals surface area (Å²) in [6, 6.07) is 3.27. The Labute approximate surface area is 223 Å². The smallest absolute Gasteiger partial charge is 0.326 e. The number of carbonyl (C=O) groups excluding carboxylic acids is 5. The average Bonchev–Trinajstić information content (AvgIpc) is 3.39. The predicted molar refractivity (Wildman–Crippen MR) is 136 cm³/mol. The number of hydrogen-bond donors (Lipinski definition) is 8. The van der Waals surface area contributed by atoms with Crippen LogP contribution in [0, 0.1) is 0 Å². The Hall–Kier alpha value is -4.79. The molecule has 15 nitrogen and oxygen atoms in total. The highest BCUT2D eigenvalue weighted by atomic mass is 16.4. The van der Waals surface area contributed by atoms with Crippen LogP contribution >= 0.6 is 0 Å². The minimum absolute atomic E-state index is 0.0177. The number of amides is 5. The van der Waals surface area contributed by atoms with Gasteiger partial charge in [0.15, 0.2) is 0 Å². The molecule has 39 heavy (non-hydrogen) atoms. The average molecular weight is 545 g/mol. The molecular weight excluding hydrogens is 512 g/mol. The molecule has 4 unspecified atom stereocenters. The van der Waals surface area contributed by atoms with Crippen molar-refractivity contribution in [1.29, 1.82) is 0 Å². The standard InChI is InChI=1S/C24H32N8O7/c25-15(6-7-19(26)33)21(35)30-17(10-20(27)34)23(37)31-16(9-14-11-28-12-29-14)22(36)32-18(24(38)39)8-13-4-2-1-3-5-13/h1-5,11-12,15-18H,6-10,25H2,(H2,26,33)(H2,27,34)(H,28,29)(H,30,35)(H,31,37)(H,32,36)(H,38,39). The van der Waals surface area contributed by atoms with E-state index in [2.05, 4.69) is 25.9 Å². The molecule has 2 aromatic rings. The first-order valence-electron chi connectivity index (χ1n) is 11.9. The van der Waals surface area contributed by atoms with Crippen LogP contribution in [-0.4, -0.2) is 74.7 Å². The third-order valence-corrected chi connectivity index (χ3v) is 5.59. The molecule has 0 saturated heterocycles. The van der Waals surface area contributed by atoms with E-state index in [1.165, 1.54) is 12.5 Å². The van der Waals surface area contributed by atoms with Crippen molar-refractivity contribution in [2.75, 3.05) is 0 Å². The number of aliphatic carboxylic acids is 1. The van der Waals surface area contributed by atoms with Crippen molar-refractivity contribution in [3.05, 3.63) is 54.1 Å². The molecule has 0 saturated carbocycles. The van der Waals surface area contributed by atoms with E-state index in [0.29, 0.717) is 11.3 Å². The number of rotatable bonds is 16. The molecule has 0 radical (unpaired) electrons. The van der Waals surface area contributed by atoms with Gasteiger partial charge in [-0.2, -0.15) is 0 Å². The monoisotopic (exact) mass is 544 g/mol. The van der Waals surface area contributed by atoms with E-state index in [0.717, 1.165) is 0 Å². The zero-order valence-corrected chi connectivity index (χ0v) is 21.0. The Morgan fingerprint density at radius 2 is 1.46 bits per heavy atom. The van der Waals surface area contributed by atoms with Crippen molar-refractivity contribution >= 4 is 35.5 Å². The molecule has 0 aliphatic rings. The molecule has 1 aromatic carbocycles. The lowest BCUT2D eigenvalue weighted by Gasteiger charge is -2.24. The molecule has 0 aliphatic heterocycles. The first kappa shape index (κ1) is 30.4. The van der Waals surface area contributed by atoms with Crippen molar-refractivity contribution in [3.63, 3.8) is 0 Å². The van der Waals surface area contributed by atoms with Gasteiger partial charge in [0.05, 0.1) is 18.8 Å². The van der Waals surface area contributed by atoms with Crippen LogP contribution in [-0.2, 0) is 41.6 Å². The molecule has 0 bridgehead atoms. The number of carboxylic acid groups (broad SMARTS) is 1. The van der Waals surface area contributed by atoms with E-state index in [9.17, 15) is 33.9 Å². The van der Waals surface area contributed by atoms with Crippen LogP contribution in [0.25, 0.3) is 0 Å². The lowest BCUT2D eigenvalue weighted by molar-refractivity contribution is -0.142. The number of carbonyl (C=O) groups is 6. The Bertz CT molecular complexity index is 1160. The van der Waals surface area contributed by atoms with Gasteiger partial charge in [-0.1, -0.05) is 30.3 Å². The molecule has 1 aromatic heterocycles. The molecule has 210 valence electrons. The quantitative estimate of drug-likeness (QED) is 0.108. The maximum atomic E-state index is 13.2. The lowest BCUT2D eigenvalue weighted by atomic mass is 10.0. The fourth-order valence-corrected chi connectivity index (χ4v) is 3.54. The largest absolute Gasteiger partial charge is 0.480 e. The molecule has 0 spiro atoms. The van der Waals surface area contributed by atoms with Gasteiger partial charge in [-0.25, -0.2) is 9.78 Å². The number of aromatic nitrogens is 2. The fourth-order valence-electron chi connectivity index (χ4n) is 3.54. The number of nitrogens with two attached hydrogens (primary N) is 3. The SMILES string of the molecule is NC(=O)CCC(N)C(=O)NC(CC(N)=O)C(=O)NC(Cc1cnc[nH]1)C(=O)NC(Cc1ccccc1)C(=O)O. The normalized spacial score (nSPS) is 13.8. The highest BCUT2D eigenvalue weighted by Gasteiger charge is 2.31. The Kier molecular flexibility index (Phi) is 11.6. The van der Waals surface area contributed by atoms with Crippen molar-refractivity contribution < 1.29 is 33.9 Å². The van der Waals surface area contributed by atoms with Gasteiger partial charge in [0, 0.05) is 31.2 Å². The van der Waals surface area contributed by atoms with Gasteiger partial charge in [0.2, 0.25) is 29.5 Å². The fraction of sp³-hybridized carbons (Fsp3) is 0.375. The number of carboxylic acids is 1. The number of nitrogens with one attached hydrogen (secondary N) is 4. The summed E-state index contributed by atoms with van der Waals surface area (Å²) in [4.78, 5) is 79.8. The van der Waals surface area contributed by atoms with Crippen LogP contribution in [0.4, 0.5) is 0 Å². The van der Waals surface area contributed by atoms with Crippen molar-refractivity contribution in [3.8, 4) is 0 Å². The van der Waals surface area contributed by atoms with Gasteiger partial charge in [-0.15, -0.1) is 0 Å². The molecule has 0 fully saturated rings. The molecule has 15 heteroatoms. The number of aromatic amines is 1. The highest BCUT2D eigenvalue weighted by Crippen LogP contribution is 2.07. The maximum absolute atomic E-state index is 13.2. The number of imidazole rings is 1. The van der Waals surface area contributed by atoms with Crippen LogP contribution in [0.2, 0.25) is 0 Å². The van der Waals surface area contributed by atoms with Crippen molar-refractivity contribution in [1.82, 2.24) is 25.9 Å². The van der Waals surface area contributed by atoms with E-state index >= 15 is 0 Å². The second-order valence-corrected chi connectivity index (χ2v) is 8.77. The van der Waals surface area contributed by atoms with Gasteiger partial charge < -0.3 is 43.2 Å². The predicted octanol–water partition coefficient (Wildman–Crippen LogP) is -2.80. The zero-order chi connectivity index (χ0) is 28.9. The van der Waals surface area contributed by atoms with Crippen LogP contribution < -0.4 is 33.2 Å². The molecule has 4 atom stereocenters. The summed E-state index contributed by atoms with van der Waals surface area (Å²) < 4.78 is 0. The summed E-state index contributed by atoms with van der Waals surface area (Å²) in [6.07, 6.45) is 1.72. The van der Waals surface area contributed by atoms with Gasteiger partial charge in [0.25, 0.3) is 0 Å². The molecular formula is C24H32N8O7. The van der Waals surface area contributed by atoms with Crippen LogP contribution in [0.15, 0.2) is 42.9 Å². The summed E-state index contributed by atoms with van der Waals surface area (Å²) in [7, 11) is 0. The van der Waals surface area contributed by atoms with Crippen molar-refractivity contribution in [2.45, 2.75) is 56.3 Å². The Morgan fingerprint density at radius 3 is 2.03 bits per heavy atom. The maximum Gasteiger partial charge on any atom is 0.326 e. The number of H-pyrrole nitrogens is 1. The van der Waals surface area contributed by atoms with Crippen LogP contribution in [0.3, 0.4) is 0 Å². The second-order valence-electron chi connectivity index (χ2n) is 8.77. The number of benzene rings is 1. The third-order valence-electron chi connectivity index (χ3n) is 5.59. The van der Waals surface area contributed by atoms with Gasteiger partial charge in [-0.3, -0.25) is 24.0 Å². The summed E-state index contributed by atoms with van der Waals surface area (Å²) in [5, 5.41) is 16.8. The van der Waals surface area contributed by atoms with E-state index in [-0.39, 0.29) is 25.7 Å². The number of nitrogens with zero attached hydrogens (tertiary/aromatic N) is 1. The molecule has 0 aliphatic carbocycles. The minimum Gasteiger partial charge on any atom is -0.480 e. The lowest BCUT2D eigenvalue weighted by Crippen LogP contribution is -2.58. The molecule has 1 heterocycles. The van der Waals surface area contributed by atoms with Gasteiger partial charge in [-0.05, 0) is 12.0 Å². The summed E-state index contributed by atoms with van der Waals surface area (Å²) in [5.41, 5.74) is 17.1. The van der Waals surface area contributed by atoms with Crippen molar-refractivity contribution in [2.24, 2.45) is 17.2 Å². The second kappa shape index (κ2) is 14.8. The van der Waals surface area contributed by atoms with E-state index in [4.69, 9.17) is 17.2 Å². The summed E-state index contributed by atoms with van der Waals surface area (Å²) in [6.45, 7) is 0. The van der Waals surface area contributed by atoms with Gasteiger partial charge in [0.1, 0.15) is 18.1 Å². The number of primary amides is 2. The van der Waals surface area contributed by atoms with E-state index < -0.39 is 66.1 Å². The van der Waals surface area contributed by atoms with E-state index in [1.807, 2.05) is 0 Å². The summed E-state index contributed by atoms with van der Waals surface area (Å²) in [5.74, 6) is -5.51. The highest BCUT2D eigenvalue weighted by molar-refractivity contribution is 5.96. The van der Waals surface area contributed by atoms with Crippen LogP contribution in [0.1, 0.15) is 30.5 Å². The van der Waals surface area contributed by atoms with E-state index in [1.54, 1.807) is 30.3 Å². The number of hydrogen-bond acceptors (Lipinski definition) is 8. The molecule has 5 amide bonds. The first-order chi connectivity index (χ1) is 18.5. The topological polar surface area (TPSA) is 265 Å². The van der Waals surface area contributed by atoms with Crippen LogP contribution in [0.5, 0.6) is 0 Å².